The molecule has 0 radical (unpaired) electrons. The van der Waals surface area contributed by atoms with Gasteiger partial charge < -0.3 is 14.4 Å². The zero-order valence-corrected chi connectivity index (χ0v) is 18.9. The summed E-state index contributed by atoms with van der Waals surface area (Å²) < 4.78 is 7.95. The van der Waals surface area contributed by atoms with Gasteiger partial charge in [-0.25, -0.2) is 4.98 Å². The number of hydrogen-bond donors (Lipinski definition) is 1. The third kappa shape index (κ3) is 4.78. The van der Waals surface area contributed by atoms with Gasteiger partial charge in [0, 0.05) is 17.5 Å². The van der Waals surface area contributed by atoms with E-state index < -0.39 is 5.97 Å². The first-order chi connectivity index (χ1) is 15.4. The lowest BCUT2D eigenvalue weighted by molar-refractivity contribution is -0.137. The van der Waals surface area contributed by atoms with Crippen LogP contribution in [0.5, 0.6) is 5.75 Å². The summed E-state index contributed by atoms with van der Waals surface area (Å²) in [6.45, 7) is 4.94. The number of carboxylic acid groups (broad SMARTS) is 1. The van der Waals surface area contributed by atoms with E-state index in [9.17, 15) is 4.79 Å². The Balaban J connectivity index is 1.61. The fourth-order valence-corrected chi connectivity index (χ4v) is 4.07. The molecule has 4 aromatic rings. The number of carboxylic acids is 1. The van der Waals surface area contributed by atoms with Gasteiger partial charge in [0.1, 0.15) is 11.6 Å². The van der Waals surface area contributed by atoms with E-state index in [4.69, 9.17) is 26.4 Å². The van der Waals surface area contributed by atoms with E-state index in [1.807, 2.05) is 50.2 Å². The molecule has 0 aliphatic carbocycles. The lowest BCUT2D eigenvalue weighted by Gasteiger charge is -2.12. The number of halogens is 1. The third-order valence-corrected chi connectivity index (χ3v) is 5.85. The van der Waals surface area contributed by atoms with Crippen LogP contribution in [0, 0.1) is 13.8 Å². The van der Waals surface area contributed by atoms with Crippen molar-refractivity contribution in [2.45, 2.75) is 33.2 Å². The number of nitrogens with zero attached hydrogens (tertiary/aromatic N) is 2. The molecule has 4 rings (SSSR count). The topological polar surface area (TPSA) is 64.3 Å². The van der Waals surface area contributed by atoms with Crippen LogP contribution >= 0.6 is 11.6 Å². The normalized spacial score (nSPS) is 11.1. The molecule has 1 N–H and O–H groups in total. The predicted molar refractivity (Wildman–Crippen MR) is 128 cm³/mol. The monoisotopic (exact) mass is 448 g/mol. The molecular formula is C26H25ClN2O3. The zero-order chi connectivity index (χ0) is 22.7. The summed E-state index contributed by atoms with van der Waals surface area (Å²) in [4.78, 5) is 15.5. The summed E-state index contributed by atoms with van der Waals surface area (Å²) in [6, 6.07) is 20.2. The maximum atomic E-state index is 10.7. The molecule has 6 heteroatoms. The Morgan fingerprint density at radius 2 is 1.84 bits per heavy atom. The Bertz CT molecular complexity index is 1270. The first kappa shape index (κ1) is 21.9. The summed E-state index contributed by atoms with van der Waals surface area (Å²) in [5, 5.41) is 9.52. The number of carbonyl (C=O) groups is 1. The lowest BCUT2D eigenvalue weighted by atomic mass is 10.0. The van der Waals surface area contributed by atoms with Crippen LogP contribution in [0.25, 0.3) is 22.2 Å². The molecule has 3 aromatic carbocycles. The molecule has 0 atom stereocenters. The van der Waals surface area contributed by atoms with Crippen molar-refractivity contribution in [3.63, 3.8) is 0 Å². The number of aliphatic carboxylic acids is 1. The van der Waals surface area contributed by atoms with E-state index in [0.29, 0.717) is 30.3 Å². The van der Waals surface area contributed by atoms with E-state index in [2.05, 4.69) is 28.8 Å². The van der Waals surface area contributed by atoms with Crippen LogP contribution in [0.3, 0.4) is 0 Å². The molecule has 0 fully saturated rings. The van der Waals surface area contributed by atoms with E-state index in [1.54, 1.807) is 0 Å². The molecule has 0 saturated carbocycles. The Hall–Kier alpha value is -3.31. The van der Waals surface area contributed by atoms with Crippen LogP contribution in [0.4, 0.5) is 0 Å². The maximum absolute atomic E-state index is 10.7. The number of fused-ring (bicyclic) bond motifs is 1. The van der Waals surface area contributed by atoms with Crippen molar-refractivity contribution in [3.8, 4) is 16.9 Å². The van der Waals surface area contributed by atoms with Crippen molar-refractivity contribution in [2.24, 2.45) is 0 Å². The molecule has 0 bridgehead atoms. The molecule has 0 saturated heterocycles. The van der Waals surface area contributed by atoms with Crippen LogP contribution in [0.15, 0.2) is 60.7 Å². The van der Waals surface area contributed by atoms with Gasteiger partial charge in [-0.05, 0) is 54.7 Å². The van der Waals surface area contributed by atoms with Crippen molar-refractivity contribution < 1.29 is 14.6 Å². The van der Waals surface area contributed by atoms with E-state index in [1.165, 1.54) is 0 Å². The van der Waals surface area contributed by atoms with Crippen LogP contribution in [-0.2, 0) is 11.3 Å². The summed E-state index contributed by atoms with van der Waals surface area (Å²) in [5.41, 5.74) is 6.14. The van der Waals surface area contributed by atoms with Crippen molar-refractivity contribution in [3.05, 3.63) is 82.6 Å². The molecular weight excluding hydrogens is 424 g/mol. The summed E-state index contributed by atoms with van der Waals surface area (Å²) in [6.07, 6.45) is 0.559. The van der Waals surface area contributed by atoms with Crippen molar-refractivity contribution >= 4 is 28.6 Å². The molecule has 1 aromatic heterocycles. The SMILES string of the molecule is Cc1cc(OCCCC(=O)O)cc2c1nc(C)n2Cc1ccc(-c2ccccc2)cc1Cl. The van der Waals surface area contributed by atoms with Crippen LogP contribution in [0.1, 0.15) is 29.8 Å². The highest BCUT2D eigenvalue weighted by Crippen LogP contribution is 2.30. The molecule has 5 nitrogen and oxygen atoms in total. The first-order valence-electron chi connectivity index (χ1n) is 10.6. The summed E-state index contributed by atoms with van der Waals surface area (Å²) in [5.74, 6) is 0.797. The van der Waals surface area contributed by atoms with Crippen molar-refractivity contribution in [1.82, 2.24) is 9.55 Å². The van der Waals surface area contributed by atoms with Gasteiger partial charge >= 0.3 is 5.97 Å². The number of ether oxygens (including phenoxy) is 1. The Morgan fingerprint density at radius 1 is 1.06 bits per heavy atom. The number of aryl methyl sites for hydroxylation is 2. The Morgan fingerprint density at radius 3 is 2.56 bits per heavy atom. The van der Waals surface area contributed by atoms with Gasteiger partial charge in [-0.1, -0.05) is 54.1 Å². The maximum Gasteiger partial charge on any atom is 0.303 e. The van der Waals surface area contributed by atoms with Gasteiger partial charge in [0.05, 0.1) is 24.2 Å². The lowest BCUT2D eigenvalue weighted by Crippen LogP contribution is -2.04. The van der Waals surface area contributed by atoms with E-state index in [0.717, 1.165) is 39.1 Å². The highest BCUT2D eigenvalue weighted by Gasteiger charge is 2.14. The molecule has 1 heterocycles. The van der Waals surface area contributed by atoms with Crippen LogP contribution in [-0.4, -0.2) is 27.2 Å². The molecule has 0 spiro atoms. The largest absolute Gasteiger partial charge is 0.493 e. The molecule has 164 valence electrons. The number of aromatic nitrogens is 2. The average Bonchev–Trinajstić information content (AvgIpc) is 3.09. The minimum atomic E-state index is -0.816. The third-order valence-electron chi connectivity index (χ3n) is 5.50. The van der Waals surface area contributed by atoms with Gasteiger partial charge in [0.2, 0.25) is 0 Å². The zero-order valence-electron chi connectivity index (χ0n) is 18.1. The second-order valence-electron chi connectivity index (χ2n) is 7.87. The molecule has 0 amide bonds. The molecule has 0 aliphatic rings. The summed E-state index contributed by atoms with van der Waals surface area (Å²) >= 11 is 6.67. The highest BCUT2D eigenvalue weighted by molar-refractivity contribution is 6.31. The Labute approximate surface area is 192 Å². The van der Waals surface area contributed by atoms with E-state index >= 15 is 0 Å². The van der Waals surface area contributed by atoms with Gasteiger partial charge in [0.25, 0.3) is 0 Å². The second-order valence-corrected chi connectivity index (χ2v) is 8.28. The summed E-state index contributed by atoms with van der Waals surface area (Å²) in [7, 11) is 0. The fourth-order valence-electron chi connectivity index (χ4n) is 3.83. The van der Waals surface area contributed by atoms with Gasteiger partial charge in [-0.2, -0.15) is 0 Å². The smallest absolute Gasteiger partial charge is 0.303 e. The van der Waals surface area contributed by atoms with E-state index in [-0.39, 0.29) is 6.42 Å². The number of benzene rings is 3. The minimum Gasteiger partial charge on any atom is -0.493 e. The minimum absolute atomic E-state index is 0.0930. The number of imidazole rings is 1. The van der Waals surface area contributed by atoms with Gasteiger partial charge in [-0.15, -0.1) is 0 Å². The molecule has 0 unspecified atom stereocenters. The van der Waals surface area contributed by atoms with Crippen molar-refractivity contribution in [1.29, 1.82) is 0 Å². The van der Waals surface area contributed by atoms with Gasteiger partial charge in [0.15, 0.2) is 0 Å². The number of hydrogen-bond acceptors (Lipinski definition) is 3. The number of rotatable bonds is 8. The average molecular weight is 449 g/mol. The van der Waals surface area contributed by atoms with Crippen LogP contribution < -0.4 is 4.74 Å². The van der Waals surface area contributed by atoms with Crippen molar-refractivity contribution in [2.75, 3.05) is 6.61 Å². The first-order valence-corrected chi connectivity index (χ1v) is 11.0. The van der Waals surface area contributed by atoms with Gasteiger partial charge in [-0.3, -0.25) is 4.79 Å². The fraction of sp³-hybridized carbons (Fsp3) is 0.231. The molecule has 32 heavy (non-hydrogen) atoms. The Kier molecular flexibility index (Phi) is 6.47. The van der Waals surface area contributed by atoms with Crippen LogP contribution in [0.2, 0.25) is 5.02 Å². The molecule has 0 aliphatic heterocycles. The second kappa shape index (κ2) is 9.45. The standard InChI is InChI=1S/C26H25ClN2O3/c1-17-13-22(32-12-6-9-25(30)31)15-24-26(17)28-18(2)29(24)16-21-11-10-20(14-23(21)27)19-7-4-3-5-8-19/h3-5,7-8,10-11,13-15H,6,9,12,16H2,1-2H3,(H,30,31). The highest BCUT2D eigenvalue weighted by atomic mass is 35.5. The predicted octanol–water partition coefficient (Wildman–Crippen LogP) is 6.27. The quantitative estimate of drug-likeness (QED) is 0.323.